The SMILES string of the molecule is C#CCCCOc1ccc(S(=O)(=O)Cl)c(Cl)c1Cl. The smallest absolute Gasteiger partial charge is 0.262 e. The van der Waals surface area contributed by atoms with Crippen LogP contribution in [-0.4, -0.2) is 15.0 Å². The Morgan fingerprint density at radius 2 is 1.94 bits per heavy atom. The Labute approximate surface area is 120 Å². The lowest BCUT2D eigenvalue weighted by Crippen LogP contribution is -1.99. The third-order valence-corrected chi connectivity index (χ3v) is 4.34. The van der Waals surface area contributed by atoms with E-state index in [-0.39, 0.29) is 14.9 Å². The highest BCUT2D eigenvalue weighted by Crippen LogP contribution is 2.37. The average molecular weight is 328 g/mol. The molecule has 0 spiro atoms. The van der Waals surface area contributed by atoms with E-state index in [4.69, 9.17) is 45.0 Å². The molecule has 98 valence electrons. The van der Waals surface area contributed by atoms with Crippen LogP contribution in [0.2, 0.25) is 10.0 Å². The van der Waals surface area contributed by atoms with Gasteiger partial charge in [0.25, 0.3) is 9.05 Å². The van der Waals surface area contributed by atoms with Crippen LogP contribution in [-0.2, 0) is 9.05 Å². The molecule has 0 saturated carbocycles. The van der Waals surface area contributed by atoms with Crippen molar-refractivity contribution in [1.82, 2.24) is 0 Å². The molecule has 0 atom stereocenters. The quantitative estimate of drug-likeness (QED) is 0.470. The molecular weight excluding hydrogens is 319 g/mol. The van der Waals surface area contributed by atoms with E-state index in [9.17, 15) is 8.42 Å². The van der Waals surface area contributed by atoms with E-state index in [0.717, 1.165) is 0 Å². The summed E-state index contributed by atoms with van der Waals surface area (Å²) in [4.78, 5) is -0.244. The van der Waals surface area contributed by atoms with E-state index < -0.39 is 9.05 Å². The molecule has 0 bridgehead atoms. The molecule has 3 nitrogen and oxygen atoms in total. The maximum absolute atomic E-state index is 11.2. The Morgan fingerprint density at radius 3 is 2.50 bits per heavy atom. The number of hydrogen-bond acceptors (Lipinski definition) is 3. The van der Waals surface area contributed by atoms with Crippen molar-refractivity contribution in [3.8, 4) is 18.1 Å². The molecular formula is C11H9Cl3O3S. The third kappa shape index (κ3) is 3.96. The van der Waals surface area contributed by atoms with Crippen molar-refractivity contribution in [3.05, 3.63) is 22.2 Å². The van der Waals surface area contributed by atoms with E-state index >= 15 is 0 Å². The summed E-state index contributed by atoms with van der Waals surface area (Å²) in [6, 6.07) is 2.65. The summed E-state index contributed by atoms with van der Waals surface area (Å²) in [5.41, 5.74) is 0. The van der Waals surface area contributed by atoms with Gasteiger partial charge >= 0.3 is 0 Å². The van der Waals surface area contributed by atoms with E-state index in [1.165, 1.54) is 12.1 Å². The van der Waals surface area contributed by atoms with E-state index in [0.29, 0.717) is 25.2 Å². The third-order valence-electron chi connectivity index (χ3n) is 2.00. The van der Waals surface area contributed by atoms with Gasteiger partial charge < -0.3 is 4.74 Å². The summed E-state index contributed by atoms with van der Waals surface area (Å²) in [5.74, 6) is 2.77. The van der Waals surface area contributed by atoms with Gasteiger partial charge in [-0.05, 0) is 18.6 Å². The maximum Gasteiger partial charge on any atom is 0.262 e. The van der Waals surface area contributed by atoms with Crippen molar-refractivity contribution in [2.24, 2.45) is 0 Å². The van der Waals surface area contributed by atoms with Gasteiger partial charge in [0, 0.05) is 17.1 Å². The van der Waals surface area contributed by atoms with Gasteiger partial charge in [-0.2, -0.15) is 0 Å². The Balaban J connectivity index is 2.92. The summed E-state index contributed by atoms with van der Waals surface area (Å²) in [6.45, 7) is 0.368. The van der Waals surface area contributed by atoms with Crippen molar-refractivity contribution in [3.63, 3.8) is 0 Å². The van der Waals surface area contributed by atoms with Crippen LogP contribution in [0.3, 0.4) is 0 Å². The second-order valence-corrected chi connectivity index (χ2v) is 6.57. The van der Waals surface area contributed by atoms with Crippen molar-refractivity contribution in [2.45, 2.75) is 17.7 Å². The van der Waals surface area contributed by atoms with Gasteiger partial charge in [0.05, 0.1) is 11.6 Å². The minimum absolute atomic E-state index is 0.0131. The Morgan fingerprint density at radius 1 is 1.28 bits per heavy atom. The zero-order valence-corrected chi connectivity index (χ0v) is 12.2. The molecule has 0 N–H and O–H groups in total. The number of unbranched alkanes of at least 4 members (excludes halogenated alkanes) is 1. The minimum Gasteiger partial charge on any atom is -0.492 e. The van der Waals surface area contributed by atoms with Crippen LogP contribution in [0, 0.1) is 12.3 Å². The van der Waals surface area contributed by atoms with Gasteiger partial charge in [-0.15, -0.1) is 12.3 Å². The molecule has 0 aromatic heterocycles. The predicted molar refractivity (Wildman–Crippen MR) is 73.1 cm³/mol. The lowest BCUT2D eigenvalue weighted by molar-refractivity contribution is 0.313. The molecule has 18 heavy (non-hydrogen) atoms. The van der Waals surface area contributed by atoms with Crippen LogP contribution in [0.5, 0.6) is 5.75 Å². The number of ether oxygens (including phenoxy) is 1. The topological polar surface area (TPSA) is 43.4 Å². The molecule has 0 aliphatic rings. The van der Waals surface area contributed by atoms with E-state index in [2.05, 4.69) is 5.92 Å². The van der Waals surface area contributed by atoms with E-state index in [1.54, 1.807) is 0 Å². The number of benzene rings is 1. The summed E-state index contributed by atoms with van der Waals surface area (Å²) < 4.78 is 27.7. The lowest BCUT2D eigenvalue weighted by atomic mass is 10.3. The van der Waals surface area contributed by atoms with Crippen molar-refractivity contribution in [2.75, 3.05) is 6.61 Å². The highest BCUT2D eigenvalue weighted by Gasteiger charge is 2.19. The van der Waals surface area contributed by atoms with Gasteiger partial charge in [-0.25, -0.2) is 8.42 Å². The van der Waals surface area contributed by atoms with Gasteiger partial charge in [0.2, 0.25) is 0 Å². The Hall–Kier alpha value is -0.600. The first-order valence-corrected chi connectivity index (χ1v) is 7.93. The van der Waals surface area contributed by atoms with Crippen molar-refractivity contribution < 1.29 is 13.2 Å². The normalized spacial score (nSPS) is 11.0. The van der Waals surface area contributed by atoms with Gasteiger partial charge in [0.15, 0.2) is 0 Å². The number of rotatable bonds is 5. The Kier molecular flexibility index (Phi) is 5.61. The minimum atomic E-state index is -3.93. The van der Waals surface area contributed by atoms with E-state index in [1.807, 2.05) is 0 Å². The first-order valence-electron chi connectivity index (χ1n) is 4.87. The van der Waals surface area contributed by atoms with Crippen LogP contribution in [0.15, 0.2) is 17.0 Å². The molecule has 0 amide bonds. The van der Waals surface area contributed by atoms with Gasteiger partial charge in [-0.1, -0.05) is 23.2 Å². The first-order chi connectivity index (χ1) is 8.38. The van der Waals surface area contributed by atoms with Crippen LogP contribution >= 0.6 is 33.9 Å². The summed E-state index contributed by atoms with van der Waals surface area (Å²) in [5, 5.41) is -0.139. The molecule has 0 saturated heterocycles. The fourth-order valence-electron chi connectivity index (χ4n) is 1.17. The average Bonchev–Trinajstić information content (AvgIpc) is 2.28. The zero-order valence-electron chi connectivity index (χ0n) is 9.12. The highest BCUT2D eigenvalue weighted by atomic mass is 35.7. The lowest BCUT2D eigenvalue weighted by Gasteiger charge is -2.10. The second-order valence-electron chi connectivity index (χ2n) is 3.28. The highest BCUT2D eigenvalue weighted by molar-refractivity contribution is 8.13. The number of terminal acetylenes is 1. The summed E-state index contributed by atoms with van der Waals surface area (Å²) >= 11 is 11.7. The molecule has 0 heterocycles. The number of hydrogen-bond donors (Lipinski definition) is 0. The molecule has 1 aromatic rings. The fraction of sp³-hybridized carbons (Fsp3) is 0.273. The molecule has 1 aromatic carbocycles. The van der Waals surface area contributed by atoms with Crippen LogP contribution in [0.25, 0.3) is 0 Å². The van der Waals surface area contributed by atoms with Crippen LogP contribution in [0.4, 0.5) is 0 Å². The molecule has 0 aliphatic heterocycles. The zero-order chi connectivity index (χ0) is 13.8. The standard InChI is InChI=1S/C11H9Cl3O3S/c1-2-3-4-7-17-8-5-6-9(18(14,15)16)11(13)10(8)12/h1,5-6H,3-4,7H2. The summed E-state index contributed by atoms with van der Waals surface area (Å²) in [6.07, 6.45) is 6.35. The van der Waals surface area contributed by atoms with Gasteiger partial charge in [0.1, 0.15) is 15.7 Å². The molecule has 7 heteroatoms. The van der Waals surface area contributed by atoms with Crippen molar-refractivity contribution in [1.29, 1.82) is 0 Å². The molecule has 0 unspecified atom stereocenters. The van der Waals surface area contributed by atoms with Crippen LogP contribution in [0.1, 0.15) is 12.8 Å². The summed E-state index contributed by atoms with van der Waals surface area (Å²) in [7, 11) is 1.27. The first kappa shape index (κ1) is 15.5. The second kappa shape index (κ2) is 6.53. The monoisotopic (exact) mass is 326 g/mol. The predicted octanol–water partition coefficient (Wildman–Crippen LogP) is 3.71. The molecule has 0 fully saturated rings. The number of halogens is 3. The Bertz CT molecular complexity index is 576. The molecule has 0 radical (unpaired) electrons. The van der Waals surface area contributed by atoms with Crippen molar-refractivity contribution >= 4 is 42.9 Å². The van der Waals surface area contributed by atoms with Crippen LogP contribution < -0.4 is 4.74 Å². The maximum atomic E-state index is 11.2. The molecule has 0 aliphatic carbocycles. The molecule has 1 rings (SSSR count). The van der Waals surface area contributed by atoms with Gasteiger partial charge in [-0.3, -0.25) is 0 Å². The largest absolute Gasteiger partial charge is 0.492 e. The fourth-order valence-corrected chi connectivity index (χ4v) is 2.96.